The molecule has 0 bridgehead atoms. The van der Waals surface area contributed by atoms with Gasteiger partial charge in [-0.05, 0) is 18.2 Å². The van der Waals surface area contributed by atoms with E-state index < -0.39 is 17.7 Å². The zero-order valence-electron chi connectivity index (χ0n) is 11.9. The Morgan fingerprint density at radius 1 is 1.04 bits per heavy atom. The number of fused-ring (bicyclic) bond motifs is 1. The summed E-state index contributed by atoms with van der Waals surface area (Å²) in [4.78, 5) is 3.91. The first-order chi connectivity index (χ1) is 11.2. The Labute approximate surface area is 130 Å². The summed E-state index contributed by atoms with van der Waals surface area (Å²) in [5, 5.41) is 4.99. The van der Waals surface area contributed by atoms with Crippen LogP contribution in [-0.4, -0.2) is 14.8 Å². The van der Waals surface area contributed by atoms with Crippen molar-refractivity contribution in [2.75, 3.05) is 0 Å². The van der Waals surface area contributed by atoms with E-state index in [9.17, 15) is 8.78 Å². The molecule has 4 rings (SSSR count). The minimum absolute atomic E-state index is 0.260. The second kappa shape index (κ2) is 5.31. The van der Waals surface area contributed by atoms with Gasteiger partial charge in [-0.3, -0.25) is 0 Å². The Kier molecular flexibility index (Phi) is 3.15. The van der Waals surface area contributed by atoms with Crippen molar-refractivity contribution in [2.24, 2.45) is 0 Å². The van der Waals surface area contributed by atoms with Gasteiger partial charge < -0.3 is 4.42 Å². The van der Waals surface area contributed by atoms with E-state index in [-0.39, 0.29) is 5.56 Å². The number of aromatic nitrogens is 3. The van der Waals surface area contributed by atoms with Crippen LogP contribution in [0.4, 0.5) is 8.78 Å². The standard InChI is InChI=1S/C17H11F2N3O/c18-12-5-6-13(14(19)8-12)17(22-10-20-9-21-22)16-7-11-3-1-2-4-15(11)23-16/h1-10,17H. The lowest BCUT2D eigenvalue weighted by atomic mass is 10.0. The highest BCUT2D eigenvalue weighted by Crippen LogP contribution is 2.32. The highest BCUT2D eigenvalue weighted by molar-refractivity contribution is 5.78. The Morgan fingerprint density at radius 3 is 2.65 bits per heavy atom. The van der Waals surface area contributed by atoms with Gasteiger partial charge in [-0.15, -0.1) is 0 Å². The van der Waals surface area contributed by atoms with E-state index in [4.69, 9.17) is 4.42 Å². The summed E-state index contributed by atoms with van der Waals surface area (Å²) in [6.07, 6.45) is 2.83. The lowest BCUT2D eigenvalue weighted by Gasteiger charge is -2.16. The van der Waals surface area contributed by atoms with E-state index in [1.54, 1.807) is 0 Å². The summed E-state index contributed by atoms with van der Waals surface area (Å²) in [5.41, 5.74) is 0.950. The van der Waals surface area contributed by atoms with Gasteiger partial charge in [0.15, 0.2) is 0 Å². The summed E-state index contributed by atoms with van der Waals surface area (Å²) in [6.45, 7) is 0. The van der Waals surface area contributed by atoms with Crippen molar-refractivity contribution in [3.8, 4) is 0 Å². The van der Waals surface area contributed by atoms with Gasteiger partial charge in [-0.2, -0.15) is 5.10 Å². The van der Waals surface area contributed by atoms with Crippen LogP contribution in [0.5, 0.6) is 0 Å². The Balaban J connectivity index is 1.92. The van der Waals surface area contributed by atoms with Crippen molar-refractivity contribution in [1.82, 2.24) is 14.8 Å². The quantitative estimate of drug-likeness (QED) is 0.575. The maximum absolute atomic E-state index is 14.3. The number of hydrogen-bond acceptors (Lipinski definition) is 3. The Morgan fingerprint density at radius 2 is 1.91 bits per heavy atom. The third-order valence-electron chi connectivity index (χ3n) is 3.67. The molecule has 4 nitrogen and oxygen atoms in total. The number of benzene rings is 2. The van der Waals surface area contributed by atoms with Crippen LogP contribution in [0.3, 0.4) is 0 Å². The van der Waals surface area contributed by atoms with Gasteiger partial charge in [0, 0.05) is 17.0 Å². The van der Waals surface area contributed by atoms with E-state index >= 15 is 0 Å². The molecule has 23 heavy (non-hydrogen) atoms. The van der Waals surface area contributed by atoms with E-state index in [0.29, 0.717) is 11.3 Å². The van der Waals surface area contributed by atoms with Gasteiger partial charge in [0.2, 0.25) is 0 Å². The average molecular weight is 311 g/mol. The van der Waals surface area contributed by atoms with Crippen molar-refractivity contribution in [1.29, 1.82) is 0 Å². The molecule has 0 spiro atoms. The fourth-order valence-electron chi connectivity index (χ4n) is 2.64. The summed E-state index contributed by atoms with van der Waals surface area (Å²) in [5.74, 6) is -0.790. The summed E-state index contributed by atoms with van der Waals surface area (Å²) in [6, 6.07) is 12.1. The predicted molar refractivity (Wildman–Crippen MR) is 79.8 cm³/mol. The third-order valence-corrected chi connectivity index (χ3v) is 3.67. The van der Waals surface area contributed by atoms with Gasteiger partial charge in [0.05, 0.1) is 0 Å². The maximum atomic E-state index is 14.3. The van der Waals surface area contributed by atoms with Crippen LogP contribution in [0, 0.1) is 11.6 Å². The molecule has 2 aromatic heterocycles. The summed E-state index contributed by atoms with van der Waals surface area (Å²) < 4.78 is 34.8. The van der Waals surface area contributed by atoms with Gasteiger partial charge >= 0.3 is 0 Å². The van der Waals surface area contributed by atoms with E-state index in [1.807, 2.05) is 30.3 Å². The molecule has 0 aliphatic heterocycles. The molecule has 0 N–H and O–H groups in total. The third kappa shape index (κ3) is 2.38. The summed E-state index contributed by atoms with van der Waals surface area (Å²) >= 11 is 0. The number of nitrogens with zero attached hydrogens (tertiary/aromatic N) is 3. The molecular formula is C17H11F2N3O. The molecule has 2 aromatic carbocycles. The van der Waals surface area contributed by atoms with Crippen molar-refractivity contribution in [2.45, 2.75) is 6.04 Å². The molecule has 4 aromatic rings. The van der Waals surface area contributed by atoms with Crippen LogP contribution in [0.25, 0.3) is 11.0 Å². The normalized spacial score (nSPS) is 12.6. The second-order valence-corrected chi connectivity index (χ2v) is 5.13. The average Bonchev–Trinajstić information content (AvgIpc) is 3.19. The van der Waals surface area contributed by atoms with Gasteiger partial charge in [0.1, 0.15) is 41.7 Å². The molecule has 0 amide bonds. The highest BCUT2D eigenvalue weighted by Gasteiger charge is 2.24. The van der Waals surface area contributed by atoms with Crippen molar-refractivity contribution < 1.29 is 13.2 Å². The van der Waals surface area contributed by atoms with Crippen LogP contribution in [0.15, 0.2) is 65.6 Å². The maximum Gasteiger partial charge on any atom is 0.139 e. The van der Waals surface area contributed by atoms with Crippen molar-refractivity contribution >= 4 is 11.0 Å². The van der Waals surface area contributed by atoms with Crippen LogP contribution in [0.2, 0.25) is 0 Å². The van der Waals surface area contributed by atoms with Crippen LogP contribution < -0.4 is 0 Å². The first-order valence-corrected chi connectivity index (χ1v) is 7.00. The zero-order chi connectivity index (χ0) is 15.8. The molecule has 0 fully saturated rings. The number of para-hydroxylation sites is 1. The number of furan rings is 1. The molecule has 1 atom stereocenters. The Bertz CT molecular complexity index is 930. The molecule has 114 valence electrons. The molecular weight excluding hydrogens is 300 g/mol. The molecule has 0 saturated heterocycles. The van der Waals surface area contributed by atoms with E-state index in [2.05, 4.69) is 10.1 Å². The van der Waals surface area contributed by atoms with Gasteiger partial charge in [0.25, 0.3) is 0 Å². The molecule has 2 heterocycles. The number of hydrogen-bond donors (Lipinski definition) is 0. The molecule has 0 saturated carbocycles. The number of halogens is 2. The van der Waals surface area contributed by atoms with Crippen LogP contribution >= 0.6 is 0 Å². The molecule has 0 aliphatic rings. The van der Waals surface area contributed by atoms with Gasteiger partial charge in [-0.1, -0.05) is 24.3 Å². The molecule has 0 aliphatic carbocycles. The first-order valence-electron chi connectivity index (χ1n) is 7.00. The highest BCUT2D eigenvalue weighted by atomic mass is 19.1. The van der Waals surface area contributed by atoms with Crippen LogP contribution in [0.1, 0.15) is 17.4 Å². The zero-order valence-corrected chi connectivity index (χ0v) is 11.9. The predicted octanol–water partition coefficient (Wildman–Crippen LogP) is 3.94. The minimum atomic E-state index is -0.662. The molecule has 6 heteroatoms. The topological polar surface area (TPSA) is 43.9 Å². The fraction of sp³-hybridized carbons (Fsp3) is 0.0588. The monoisotopic (exact) mass is 311 g/mol. The van der Waals surface area contributed by atoms with Crippen molar-refractivity contribution in [3.63, 3.8) is 0 Å². The first kappa shape index (κ1) is 13.6. The van der Waals surface area contributed by atoms with E-state index in [0.717, 1.165) is 11.5 Å². The fourth-order valence-corrected chi connectivity index (χ4v) is 2.64. The number of rotatable bonds is 3. The largest absolute Gasteiger partial charge is 0.458 e. The van der Waals surface area contributed by atoms with Crippen LogP contribution in [-0.2, 0) is 0 Å². The molecule has 0 radical (unpaired) electrons. The van der Waals surface area contributed by atoms with Gasteiger partial charge in [-0.25, -0.2) is 18.4 Å². The Hall–Kier alpha value is -3.02. The minimum Gasteiger partial charge on any atom is -0.458 e. The lowest BCUT2D eigenvalue weighted by Crippen LogP contribution is -2.14. The lowest BCUT2D eigenvalue weighted by molar-refractivity contribution is 0.447. The summed E-state index contributed by atoms with van der Waals surface area (Å²) in [7, 11) is 0. The SMILES string of the molecule is Fc1ccc(C(c2cc3ccccc3o2)n2cncn2)c(F)c1. The van der Waals surface area contributed by atoms with E-state index in [1.165, 1.54) is 29.5 Å². The second-order valence-electron chi connectivity index (χ2n) is 5.13. The van der Waals surface area contributed by atoms with Crippen molar-refractivity contribution in [3.05, 3.63) is 84.1 Å². The smallest absolute Gasteiger partial charge is 0.139 e. The molecule has 1 unspecified atom stereocenters.